The van der Waals surface area contributed by atoms with Gasteiger partial charge in [0.25, 0.3) is 5.85 Å². The molecule has 0 saturated heterocycles. The number of nitrogens with two attached hydrogens (primary N) is 1. The molecular formula is C17H23FN3O6P. The number of benzene rings is 1. The number of halogens is 1. The quantitative estimate of drug-likeness (QED) is 0.566. The summed E-state index contributed by atoms with van der Waals surface area (Å²) in [6.07, 6.45) is -1.25. The van der Waals surface area contributed by atoms with Gasteiger partial charge in [0.15, 0.2) is 0 Å². The van der Waals surface area contributed by atoms with Gasteiger partial charge in [0, 0.05) is 6.20 Å². The van der Waals surface area contributed by atoms with Crippen molar-refractivity contribution in [3.63, 3.8) is 0 Å². The summed E-state index contributed by atoms with van der Waals surface area (Å²) in [4.78, 5) is 15.5. The van der Waals surface area contributed by atoms with E-state index in [1.165, 1.54) is 12.3 Å². The number of nitrogens with zero attached hydrogens (tertiary/aromatic N) is 2. The van der Waals surface area contributed by atoms with E-state index in [1.54, 1.807) is 37.3 Å². The molecule has 4 atom stereocenters. The Morgan fingerprint density at radius 1 is 1.36 bits per heavy atom. The summed E-state index contributed by atoms with van der Waals surface area (Å²) in [5, 5.41) is 9.84. The first-order valence-corrected chi connectivity index (χ1v) is 9.76. The predicted octanol–water partition coefficient (Wildman–Crippen LogP) is 2.28. The van der Waals surface area contributed by atoms with Crippen LogP contribution in [0.25, 0.3) is 0 Å². The highest BCUT2D eigenvalue weighted by Gasteiger charge is 2.41. The molecule has 0 aliphatic heterocycles. The van der Waals surface area contributed by atoms with Gasteiger partial charge in [0.2, 0.25) is 0 Å². The third kappa shape index (κ3) is 5.87. The van der Waals surface area contributed by atoms with Gasteiger partial charge in [0.05, 0.1) is 0 Å². The van der Waals surface area contributed by atoms with Crippen molar-refractivity contribution in [1.82, 2.24) is 9.55 Å². The van der Waals surface area contributed by atoms with Crippen LogP contribution in [0.1, 0.15) is 26.5 Å². The molecule has 11 heteroatoms. The van der Waals surface area contributed by atoms with Crippen LogP contribution in [-0.4, -0.2) is 33.2 Å². The minimum absolute atomic E-state index is 0.0122. The summed E-state index contributed by atoms with van der Waals surface area (Å²) in [5.74, 6) is -2.44. The first kappa shape index (κ1) is 22.0. The zero-order valence-corrected chi connectivity index (χ0v) is 16.4. The minimum Gasteiger partial charge on any atom is -0.426 e. The molecule has 0 saturated carbocycles. The lowest BCUT2D eigenvalue weighted by atomic mass is 10.2. The van der Waals surface area contributed by atoms with Crippen LogP contribution >= 0.6 is 8.25 Å². The smallest absolute Gasteiger partial charge is 0.368 e. The van der Waals surface area contributed by atoms with Gasteiger partial charge in [-0.1, -0.05) is 25.1 Å². The number of ether oxygens (including phenoxy) is 1. The largest absolute Gasteiger partial charge is 0.426 e. The molecule has 0 spiro atoms. The van der Waals surface area contributed by atoms with E-state index < -0.39 is 38.7 Å². The molecule has 1 aromatic heterocycles. The second-order valence-electron chi connectivity index (χ2n) is 5.94. The van der Waals surface area contributed by atoms with E-state index in [4.69, 9.17) is 19.5 Å². The van der Waals surface area contributed by atoms with Crippen LogP contribution in [0.3, 0.4) is 0 Å². The molecule has 0 radical (unpaired) electrons. The number of nitrogen functional groups attached to an aromatic ring is 1. The SMILES string of the molecule is CC[C@@H](OC(F)(CO[PH](=O)Oc1ccccc1)[C@H](C)O)n1ccc(N)nc1=O. The molecule has 9 nitrogen and oxygen atoms in total. The minimum atomic E-state index is -3.11. The Balaban J connectivity index is 2.08. The van der Waals surface area contributed by atoms with Crippen molar-refractivity contribution in [3.8, 4) is 5.75 Å². The summed E-state index contributed by atoms with van der Waals surface area (Å²) >= 11 is 0. The Kier molecular flexibility index (Phi) is 7.70. The third-order valence-electron chi connectivity index (χ3n) is 3.80. The van der Waals surface area contributed by atoms with E-state index in [-0.39, 0.29) is 12.2 Å². The molecule has 0 fully saturated rings. The van der Waals surface area contributed by atoms with Gasteiger partial charge in [0.1, 0.15) is 30.5 Å². The third-order valence-corrected chi connectivity index (χ3v) is 4.58. The maximum atomic E-state index is 15.2. The molecule has 28 heavy (non-hydrogen) atoms. The normalized spacial score (nSPS) is 16.7. The lowest BCUT2D eigenvalue weighted by Crippen LogP contribution is -2.45. The van der Waals surface area contributed by atoms with Crippen LogP contribution < -0.4 is 15.9 Å². The van der Waals surface area contributed by atoms with Crippen LogP contribution in [0, 0.1) is 0 Å². The molecule has 154 valence electrons. The average molecular weight is 415 g/mol. The Bertz CT molecular complexity index is 850. The molecule has 2 aromatic rings. The number of aromatic nitrogens is 2. The van der Waals surface area contributed by atoms with E-state index in [2.05, 4.69) is 4.98 Å². The van der Waals surface area contributed by atoms with Crippen LogP contribution in [0.5, 0.6) is 5.75 Å². The highest BCUT2D eigenvalue weighted by Crippen LogP contribution is 2.33. The van der Waals surface area contributed by atoms with Crippen LogP contribution in [0.2, 0.25) is 0 Å². The molecule has 2 rings (SSSR count). The second-order valence-corrected chi connectivity index (χ2v) is 6.93. The Hall–Kier alpha value is -2.26. The highest BCUT2D eigenvalue weighted by atomic mass is 31.1. The number of hydrogen-bond donors (Lipinski definition) is 2. The van der Waals surface area contributed by atoms with Crippen LogP contribution in [0.15, 0.2) is 47.4 Å². The van der Waals surface area contributed by atoms with Crippen LogP contribution in [0.4, 0.5) is 10.2 Å². The van der Waals surface area contributed by atoms with Gasteiger partial charge in [-0.2, -0.15) is 4.98 Å². The molecular weight excluding hydrogens is 392 g/mol. The number of para-hydroxylation sites is 1. The van der Waals surface area contributed by atoms with Gasteiger partial charge >= 0.3 is 13.9 Å². The van der Waals surface area contributed by atoms with Crippen molar-refractivity contribution in [1.29, 1.82) is 0 Å². The predicted molar refractivity (Wildman–Crippen MR) is 101 cm³/mol. The summed E-state index contributed by atoms with van der Waals surface area (Å²) < 4.78 is 43.5. The lowest BCUT2D eigenvalue weighted by Gasteiger charge is -2.32. The van der Waals surface area contributed by atoms with E-state index in [9.17, 15) is 14.5 Å². The van der Waals surface area contributed by atoms with Crippen molar-refractivity contribution < 1.29 is 27.8 Å². The standard InChI is InChI=1S/C17H23FN3O6P/c1-3-15(21-10-9-14(19)20-16(21)23)26-17(18,12(2)22)11-25-28(24)27-13-7-5-4-6-8-13/h4-10,12,15,22,28H,3,11H2,1-2H3,(H2,19,20,23)/t12-,15+,17?/m0/s1. The van der Waals surface area contributed by atoms with Gasteiger partial charge in [-0.25, -0.2) is 13.8 Å². The van der Waals surface area contributed by atoms with Crippen molar-refractivity contribution in [2.75, 3.05) is 12.3 Å². The van der Waals surface area contributed by atoms with E-state index in [0.29, 0.717) is 5.75 Å². The summed E-state index contributed by atoms with van der Waals surface area (Å²) in [6, 6.07) is 9.58. The Labute approximate surface area is 161 Å². The van der Waals surface area contributed by atoms with E-state index >= 15 is 4.39 Å². The first-order valence-electron chi connectivity index (χ1n) is 8.54. The zero-order valence-electron chi connectivity index (χ0n) is 15.4. The van der Waals surface area contributed by atoms with Gasteiger partial charge in [-0.3, -0.25) is 9.09 Å². The van der Waals surface area contributed by atoms with Gasteiger partial charge in [-0.05, 0) is 31.5 Å². The highest BCUT2D eigenvalue weighted by molar-refractivity contribution is 7.33. The second kappa shape index (κ2) is 9.79. The van der Waals surface area contributed by atoms with Gasteiger partial charge in [-0.15, -0.1) is 0 Å². The maximum absolute atomic E-state index is 15.2. The molecule has 2 unspecified atom stereocenters. The molecule has 0 aliphatic carbocycles. The number of anilines is 1. The van der Waals surface area contributed by atoms with E-state index in [1.807, 2.05) is 0 Å². The molecule has 1 aromatic carbocycles. The monoisotopic (exact) mass is 415 g/mol. The number of aliphatic hydroxyl groups excluding tert-OH is 1. The van der Waals surface area contributed by atoms with Crippen molar-refractivity contribution in [3.05, 3.63) is 53.1 Å². The molecule has 1 heterocycles. The van der Waals surface area contributed by atoms with Crippen LogP contribution in [-0.2, 0) is 13.8 Å². The zero-order chi connectivity index (χ0) is 20.7. The number of hydrogen-bond acceptors (Lipinski definition) is 8. The van der Waals surface area contributed by atoms with Crippen molar-refractivity contribution >= 4 is 14.1 Å². The number of rotatable bonds is 10. The molecule has 0 bridgehead atoms. The summed E-state index contributed by atoms with van der Waals surface area (Å²) in [7, 11) is -3.11. The van der Waals surface area contributed by atoms with E-state index in [0.717, 1.165) is 11.5 Å². The van der Waals surface area contributed by atoms with Gasteiger partial charge < -0.3 is 20.1 Å². The average Bonchev–Trinajstić information content (AvgIpc) is 2.65. The number of alkyl halides is 1. The lowest BCUT2D eigenvalue weighted by molar-refractivity contribution is -0.258. The summed E-state index contributed by atoms with van der Waals surface area (Å²) in [6.45, 7) is 1.93. The van der Waals surface area contributed by atoms with Crippen molar-refractivity contribution in [2.45, 2.75) is 38.5 Å². The molecule has 0 amide bonds. The maximum Gasteiger partial charge on any atom is 0.368 e. The first-order chi connectivity index (χ1) is 13.2. The molecule has 0 aliphatic rings. The fourth-order valence-corrected chi connectivity index (χ4v) is 2.93. The topological polar surface area (TPSA) is 126 Å². The number of aliphatic hydroxyl groups is 1. The fraction of sp³-hybridized carbons (Fsp3) is 0.412. The molecule has 3 N–H and O–H groups in total. The Morgan fingerprint density at radius 3 is 2.61 bits per heavy atom. The van der Waals surface area contributed by atoms with Crippen molar-refractivity contribution in [2.24, 2.45) is 0 Å². The fourth-order valence-electron chi connectivity index (χ4n) is 2.23. The summed E-state index contributed by atoms with van der Waals surface area (Å²) in [5.41, 5.74) is 4.71. The Morgan fingerprint density at radius 2 is 2.04 bits per heavy atom.